The summed E-state index contributed by atoms with van der Waals surface area (Å²) in [4.78, 5) is 10.9. The van der Waals surface area contributed by atoms with Crippen LogP contribution in [0.4, 0.5) is 0 Å². The number of hydrogen-bond acceptors (Lipinski definition) is 3. The lowest BCUT2D eigenvalue weighted by Crippen LogP contribution is -2.01. The van der Waals surface area contributed by atoms with Gasteiger partial charge in [0.25, 0.3) is 0 Å². The number of benzene rings is 1. The van der Waals surface area contributed by atoms with Crippen LogP contribution in [0.3, 0.4) is 0 Å². The van der Waals surface area contributed by atoms with Crippen molar-refractivity contribution in [2.45, 2.75) is 33.1 Å². The lowest BCUT2D eigenvalue weighted by atomic mass is 10.2. The highest BCUT2D eigenvalue weighted by atomic mass is 16.5. The third-order valence-corrected chi connectivity index (χ3v) is 2.34. The van der Waals surface area contributed by atoms with E-state index < -0.39 is 0 Å². The summed E-state index contributed by atoms with van der Waals surface area (Å²) < 4.78 is 11.1. The van der Waals surface area contributed by atoms with Crippen molar-refractivity contribution in [1.82, 2.24) is 0 Å². The fourth-order valence-electron chi connectivity index (χ4n) is 1.37. The van der Waals surface area contributed by atoms with Crippen LogP contribution >= 0.6 is 0 Å². The highest BCUT2D eigenvalue weighted by Crippen LogP contribution is 2.24. The number of aldehydes is 1. The molecule has 3 nitrogen and oxygen atoms in total. The summed E-state index contributed by atoms with van der Waals surface area (Å²) in [6.45, 7) is 5.46. The van der Waals surface area contributed by atoms with Crippen LogP contribution in [-0.2, 0) is 0 Å². The van der Waals surface area contributed by atoms with Gasteiger partial charge in [0.15, 0.2) is 6.29 Å². The molecule has 3 heteroatoms. The van der Waals surface area contributed by atoms with Crippen molar-refractivity contribution in [1.29, 1.82) is 0 Å². The number of unbranched alkanes of at least 4 members (excludes halogenated alkanes) is 1. The van der Waals surface area contributed by atoms with Gasteiger partial charge in [-0.25, -0.2) is 0 Å². The normalized spacial score (nSPS) is 10.0. The largest absolute Gasteiger partial charge is 0.493 e. The second-order valence-electron chi connectivity index (χ2n) is 3.87. The second-order valence-corrected chi connectivity index (χ2v) is 3.87. The predicted octanol–water partition coefficient (Wildman–Crippen LogP) is 3.47. The van der Waals surface area contributed by atoms with Gasteiger partial charge in [0.2, 0.25) is 0 Å². The maximum Gasteiger partial charge on any atom is 0.153 e. The molecular weight excluding hydrogens is 216 g/mol. The molecule has 0 saturated carbocycles. The summed E-state index contributed by atoms with van der Waals surface area (Å²) in [5, 5.41) is 0. The Morgan fingerprint density at radius 1 is 1.12 bits per heavy atom. The molecule has 0 bridgehead atoms. The average molecular weight is 236 g/mol. The van der Waals surface area contributed by atoms with Crippen LogP contribution in [0, 0.1) is 0 Å². The van der Waals surface area contributed by atoms with E-state index in [9.17, 15) is 4.79 Å². The lowest BCUT2D eigenvalue weighted by molar-refractivity contribution is 0.111. The van der Waals surface area contributed by atoms with Crippen LogP contribution in [-0.4, -0.2) is 19.5 Å². The molecule has 1 rings (SSSR count). The lowest BCUT2D eigenvalue weighted by Gasteiger charge is -2.10. The van der Waals surface area contributed by atoms with Crippen molar-refractivity contribution in [3.05, 3.63) is 23.8 Å². The summed E-state index contributed by atoms with van der Waals surface area (Å²) in [6, 6.07) is 5.32. The molecule has 0 fully saturated rings. The molecule has 0 spiro atoms. The van der Waals surface area contributed by atoms with E-state index in [1.807, 2.05) is 0 Å². The van der Waals surface area contributed by atoms with E-state index in [0.29, 0.717) is 24.5 Å². The molecular formula is C14H20O3. The Morgan fingerprint density at radius 3 is 2.59 bits per heavy atom. The van der Waals surface area contributed by atoms with Gasteiger partial charge in [-0.1, -0.05) is 20.3 Å². The number of hydrogen-bond donors (Lipinski definition) is 0. The van der Waals surface area contributed by atoms with E-state index in [-0.39, 0.29) is 0 Å². The Bertz CT molecular complexity index is 347. The number of carbonyl (C=O) groups is 1. The minimum absolute atomic E-state index is 0.574. The van der Waals surface area contributed by atoms with Crippen LogP contribution in [0.5, 0.6) is 11.5 Å². The zero-order valence-electron chi connectivity index (χ0n) is 10.6. The van der Waals surface area contributed by atoms with Crippen molar-refractivity contribution >= 4 is 6.29 Å². The summed E-state index contributed by atoms with van der Waals surface area (Å²) in [5.74, 6) is 1.37. The second kappa shape index (κ2) is 7.71. The molecule has 1 aromatic carbocycles. The molecule has 0 radical (unpaired) electrons. The van der Waals surface area contributed by atoms with Crippen LogP contribution in [0.15, 0.2) is 18.2 Å². The van der Waals surface area contributed by atoms with Crippen molar-refractivity contribution in [3.8, 4) is 11.5 Å². The van der Waals surface area contributed by atoms with Crippen molar-refractivity contribution < 1.29 is 14.3 Å². The van der Waals surface area contributed by atoms with Gasteiger partial charge in [0.05, 0.1) is 18.8 Å². The molecule has 0 aliphatic heterocycles. The molecule has 0 atom stereocenters. The monoisotopic (exact) mass is 236 g/mol. The SMILES string of the molecule is CCCCOc1cc(OCCC)ccc1C=O. The highest BCUT2D eigenvalue weighted by Gasteiger charge is 2.05. The molecule has 17 heavy (non-hydrogen) atoms. The first-order chi connectivity index (χ1) is 8.31. The molecule has 0 heterocycles. The Balaban J connectivity index is 2.71. The van der Waals surface area contributed by atoms with Crippen molar-refractivity contribution in [2.75, 3.05) is 13.2 Å². The van der Waals surface area contributed by atoms with Crippen LogP contribution < -0.4 is 9.47 Å². The Labute approximate surface area is 103 Å². The molecule has 0 amide bonds. The summed E-state index contributed by atoms with van der Waals surface area (Å²) in [6.07, 6.45) is 3.83. The minimum Gasteiger partial charge on any atom is -0.493 e. The first-order valence-electron chi connectivity index (χ1n) is 6.16. The first kappa shape index (κ1) is 13.6. The third-order valence-electron chi connectivity index (χ3n) is 2.34. The molecule has 0 aliphatic carbocycles. The number of ether oxygens (including phenoxy) is 2. The zero-order chi connectivity index (χ0) is 12.5. The zero-order valence-corrected chi connectivity index (χ0v) is 10.6. The third kappa shape index (κ3) is 4.47. The molecule has 0 aliphatic rings. The van der Waals surface area contributed by atoms with Crippen molar-refractivity contribution in [3.63, 3.8) is 0 Å². The quantitative estimate of drug-likeness (QED) is 0.512. The average Bonchev–Trinajstić information content (AvgIpc) is 2.37. The first-order valence-corrected chi connectivity index (χ1v) is 6.16. The molecule has 0 aromatic heterocycles. The van der Waals surface area contributed by atoms with Gasteiger partial charge in [0.1, 0.15) is 11.5 Å². The maximum absolute atomic E-state index is 10.9. The predicted molar refractivity (Wildman–Crippen MR) is 68.0 cm³/mol. The molecule has 0 unspecified atom stereocenters. The van der Waals surface area contributed by atoms with Crippen LogP contribution in [0.25, 0.3) is 0 Å². The van der Waals surface area contributed by atoms with E-state index >= 15 is 0 Å². The van der Waals surface area contributed by atoms with Gasteiger partial charge >= 0.3 is 0 Å². The fraction of sp³-hybridized carbons (Fsp3) is 0.500. The topological polar surface area (TPSA) is 35.5 Å². The van der Waals surface area contributed by atoms with E-state index in [1.54, 1.807) is 18.2 Å². The van der Waals surface area contributed by atoms with E-state index in [2.05, 4.69) is 13.8 Å². The van der Waals surface area contributed by atoms with E-state index in [0.717, 1.165) is 31.3 Å². The Morgan fingerprint density at radius 2 is 1.94 bits per heavy atom. The van der Waals surface area contributed by atoms with E-state index in [1.165, 1.54) is 0 Å². The van der Waals surface area contributed by atoms with Crippen LogP contribution in [0.2, 0.25) is 0 Å². The molecule has 94 valence electrons. The van der Waals surface area contributed by atoms with Gasteiger partial charge in [-0.15, -0.1) is 0 Å². The number of carbonyl (C=O) groups excluding carboxylic acids is 1. The number of rotatable bonds is 8. The van der Waals surface area contributed by atoms with Gasteiger partial charge in [-0.3, -0.25) is 4.79 Å². The summed E-state index contributed by atoms with van der Waals surface area (Å²) in [7, 11) is 0. The molecule has 1 aromatic rings. The highest BCUT2D eigenvalue weighted by molar-refractivity contribution is 5.79. The fourth-order valence-corrected chi connectivity index (χ4v) is 1.37. The van der Waals surface area contributed by atoms with Gasteiger partial charge < -0.3 is 9.47 Å². The van der Waals surface area contributed by atoms with E-state index in [4.69, 9.17) is 9.47 Å². The standard InChI is InChI=1S/C14H20O3/c1-3-5-9-17-14-10-13(16-8-4-2)7-6-12(14)11-15/h6-7,10-11H,3-5,8-9H2,1-2H3. The Hall–Kier alpha value is -1.51. The molecule has 0 N–H and O–H groups in total. The summed E-state index contributed by atoms with van der Waals surface area (Å²) in [5.41, 5.74) is 0.574. The molecule has 0 saturated heterocycles. The van der Waals surface area contributed by atoms with Gasteiger partial charge in [-0.05, 0) is 25.0 Å². The van der Waals surface area contributed by atoms with Gasteiger partial charge in [-0.2, -0.15) is 0 Å². The maximum atomic E-state index is 10.9. The summed E-state index contributed by atoms with van der Waals surface area (Å²) >= 11 is 0. The van der Waals surface area contributed by atoms with Crippen molar-refractivity contribution in [2.24, 2.45) is 0 Å². The van der Waals surface area contributed by atoms with Gasteiger partial charge in [0, 0.05) is 6.07 Å². The smallest absolute Gasteiger partial charge is 0.153 e. The Kier molecular flexibility index (Phi) is 6.15. The minimum atomic E-state index is 0.574. The van der Waals surface area contributed by atoms with Crippen LogP contribution in [0.1, 0.15) is 43.5 Å².